The van der Waals surface area contributed by atoms with Crippen LogP contribution in [0, 0.1) is 6.92 Å². The Balaban J connectivity index is 2.43. The van der Waals surface area contributed by atoms with Crippen LogP contribution in [0.4, 0.5) is 5.82 Å². The Bertz CT molecular complexity index is 716. The van der Waals surface area contributed by atoms with E-state index in [0.29, 0.717) is 4.99 Å². The summed E-state index contributed by atoms with van der Waals surface area (Å²) in [6, 6.07) is 3.88. The second-order valence-electron chi connectivity index (χ2n) is 7.48. The van der Waals surface area contributed by atoms with Gasteiger partial charge in [0.25, 0.3) is 0 Å². The maximum absolute atomic E-state index is 5.92. The van der Waals surface area contributed by atoms with Crippen molar-refractivity contribution in [3.05, 3.63) is 58.2 Å². The number of rotatable bonds is 12. The lowest BCUT2D eigenvalue weighted by Crippen LogP contribution is -2.36. The Kier molecular flexibility index (Phi) is 11.8. The van der Waals surface area contributed by atoms with Crippen LogP contribution < -0.4 is 11.1 Å². The smallest absolute Gasteiger partial charge is 0.129 e. The highest BCUT2D eigenvalue weighted by atomic mass is 32.2. The number of aryl methyl sites for hydroxylation is 1. The molecule has 0 aliphatic heterocycles. The van der Waals surface area contributed by atoms with Gasteiger partial charge in [0.15, 0.2) is 0 Å². The van der Waals surface area contributed by atoms with Gasteiger partial charge in [-0.2, -0.15) is 0 Å². The van der Waals surface area contributed by atoms with Crippen molar-refractivity contribution in [3.63, 3.8) is 0 Å². The van der Waals surface area contributed by atoms with E-state index in [1.165, 1.54) is 16.7 Å². The highest BCUT2D eigenvalue weighted by Crippen LogP contribution is 2.17. The second kappa shape index (κ2) is 13.6. The third-order valence-corrected chi connectivity index (χ3v) is 5.71. The van der Waals surface area contributed by atoms with Gasteiger partial charge < -0.3 is 11.1 Å². The van der Waals surface area contributed by atoms with Crippen LogP contribution in [-0.2, 0) is 0 Å². The number of nitrogens with zero attached hydrogens (tertiary/aromatic N) is 1. The molecule has 0 amide bonds. The van der Waals surface area contributed by atoms with Crippen molar-refractivity contribution in [2.75, 3.05) is 11.1 Å². The van der Waals surface area contributed by atoms with Crippen LogP contribution in [0.5, 0.6) is 0 Å². The lowest BCUT2D eigenvalue weighted by molar-refractivity contribution is 0.920. The van der Waals surface area contributed by atoms with Gasteiger partial charge in [0.2, 0.25) is 0 Å². The van der Waals surface area contributed by atoms with E-state index in [1.54, 1.807) is 18.0 Å². The molecule has 3 nitrogen and oxygen atoms in total. The number of hydrogen-bond donors (Lipinski definition) is 2. The standard InChI is InChI=1S/C23H35N3S2/c1-17(2)9-6-10-18(3)11-7-12-19(4)15-28-16-21(22(24)27)26-23-20(5)13-8-14-25-23/h8-9,11,13-15,21H,6-7,10,12,16H2,1-5H3,(H2,24,27)(H,25,26). The summed E-state index contributed by atoms with van der Waals surface area (Å²) < 4.78 is 0. The molecule has 0 aromatic carbocycles. The lowest BCUT2D eigenvalue weighted by Gasteiger charge is -2.18. The van der Waals surface area contributed by atoms with E-state index >= 15 is 0 Å². The van der Waals surface area contributed by atoms with E-state index in [0.717, 1.165) is 42.8 Å². The van der Waals surface area contributed by atoms with Crippen molar-refractivity contribution < 1.29 is 0 Å². The lowest BCUT2D eigenvalue weighted by atomic mass is 10.1. The van der Waals surface area contributed by atoms with Crippen LogP contribution in [0.15, 0.2) is 52.6 Å². The minimum Gasteiger partial charge on any atom is -0.392 e. The first-order valence-electron chi connectivity index (χ1n) is 9.83. The molecule has 1 aromatic heterocycles. The molecule has 0 saturated carbocycles. The molecular weight excluding hydrogens is 382 g/mol. The normalized spacial score (nSPS) is 13.2. The molecule has 0 bridgehead atoms. The summed E-state index contributed by atoms with van der Waals surface area (Å²) in [5.41, 5.74) is 11.3. The topological polar surface area (TPSA) is 50.9 Å². The average molecular weight is 418 g/mol. The third-order valence-electron chi connectivity index (χ3n) is 4.33. The summed E-state index contributed by atoms with van der Waals surface area (Å²) >= 11 is 6.98. The van der Waals surface area contributed by atoms with Gasteiger partial charge in [-0.3, -0.25) is 0 Å². The second-order valence-corrected chi connectivity index (χ2v) is 8.85. The van der Waals surface area contributed by atoms with E-state index in [4.69, 9.17) is 18.0 Å². The number of aromatic nitrogens is 1. The number of nitrogens with two attached hydrogens (primary N) is 1. The molecule has 1 aromatic rings. The summed E-state index contributed by atoms with van der Waals surface area (Å²) in [5, 5.41) is 5.59. The quantitative estimate of drug-likeness (QED) is 0.298. The molecule has 1 rings (SSSR count). The number of allylic oxidation sites excluding steroid dienone is 5. The van der Waals surface area contributed by atoms with Crippen molar-refractivity contribution in [1.82, 2.24) is 4.98 Å². The van der Waals surface area contributed by atoms with Gasteiger partial charge in [-0.15, -0.1) is 11.8 Å². The number of thioether (sulfide) groups is 1. The Morgan fingerprint density at radius 3 is 2.50 bits per heavy atom. The minimum absolute atomic E-state index is 0.0742. The zero-order chi connectivity index (χ0) is 20.9. The zero-order valence-corrected chi connectivity index (χ0v) is 19.6. The van der Waals surface area contributed by atoms with Crippen LogP contribution in [0.25, 0.3) is 0 Å². The molecule has 28 heavy (non-hydrogen) atoms. The fourth-order valence-electron chi connectivity index (χ4n) is 2.58. The van der Waals surface area contributed by atoms with Crippen molar-refractivity contribution in [3.8, 4) is 0 Å². The van der Waals surface area contributed by atoms with Crippen LogP contribution >= 0.6 is 24.0 Å². The molecule has 1 atom stereocenters. The van der Waals surface area contributed by atoms with Gasteiger partial charge in [-0.1, -0.05) is 47.2 Å². The molecule has 0 fully saturated rings. The maximum Gasteiger partial charge on any atom is 0.129 e. The minimum atomic E-state index is -0.0742. The van der Waals surface area contributed by atoms with Gasteiger partial charge in [-0.25, -0.2) is 4.98 Å². The SMILES string of the molecule is CC(C)=CCCC(C)=CCCC(C)=CSCC(Nc1ncccc1C)C(N)=S. The molecular formula is C23H35N3S2. The molecule has 0 aliphatic rings. The predicted octanol–water partition coefficient (Wildman–Crippen LogP) is 6.57. The number of hydrogen-bond acceptors (Lipinski definition) is 4. The molecule has 3 N–H and O–H groups in total. The van der Waals surface area contributed by atoms with E-state index < -0.39 is 0 Å². The Morgan fingerprint density at radius 2 is 1.86 bits per heavy atom. The summed E-state index contributed by atoms with van der Waals surface area (Å²) in [6.07, 6.45) is 10.9. The van der Waals surface area contributed by atoms with Crippen molar-refractivity contribution in [2.45, 2.75) is 66.3 Å². The fraction of sp³-hybridized carbons (Fsp3) is 0.478. The Labute approximate surface area is 181 Å². The highest BCUT2D eigenvalue weighted by molar-refractivity contribution is 8.02. The molecule has 1 unspecified atom stereocenters. The molecule has 0 radical (unpaired) electrons. The Morgan fingerprint density at radius 1 is 1.18 bits per heavy atom. The first-order chi connectivity index (χ1) is 13.3. The van der Waals surface area contributed by atoms with Crippen LogP contribution in [0.3, 0.4) is 0 Å². The van der Waals surface area contributed by atoms with E-state index in [-0.39, 0.29) is 6.04 Å². The molecule has 0 spiro atoms. The number of pyridine rings is 1. The van der Waals surface area contributed by atoms with E-state index in [9.17, 15) is 0 Å². The number of anilines is 1. The molecule has 0 aliphatic carbocycles. The summed E-state index contributed by atoms with van der Waals surface area (Å²) in [6.45, 7) is 10.7. The third kappa shape index (κ3) is 10.7. The first-order valence-corrected chi connectivity index (χ1v) is 11.3. The largest absolute Gasteiger partial charge is 0.392 e. The average Bonchev–Trinajstić information content (AvgIpc) is 2.62. The summed E-state index contributed by atoms with van der Waals surface area (Å²) in [7, 11) is 0. The van der Waals surface area contributed by atoms with Crippen molar-refractivity contribution in [2.24, 2.45) is 5.73 Å². The Hall–Kier alpha value is -1.59. The summed E-state index contributed by atoms with van der Waals surface area (Å²) in [4.78, 5) is 4.84. The van der Waals surface area contributed by atoms with E-state index in [1.807, 2.05) is 19.1 Å². The van der Waals surface area contributed by atoms with Crippen molar-refractivity contribution in [1.29, 1.82) is 0 Å². The molecule has 0 saturated heterocycles. The van der Waals surface area contributed by atoms with E-state index in [2.05, 4.69) is 55.6 Å². The monoisotopic (exact) mass is 417 g/mol. The predicted molar refractivity (Wildman–Crippen MR) is 131 cm³/mol. The first kappa shape index (κ1) is 24.4. The molecule has 154 valence electrons. The van der Waals surface area contributed by atoms with Crippen LogP contribution in [0.1, 0.15) is 58.9 Å². The van der Waals surface area contributed by atoms with Gasteiger partial charge in [0, 0.05) is 11.9 Å². The van der Waals surface area contributed by atoms with Gasteiger partial charge in [-0.05, 0) is 77.3 Å². The zero-order valence-electron chi connectivity index (χ0n) is 17.9. The molecule has 5 heteroatoms. The van der Waals surface area contributed by atoms with Crippen molar-refractivity contribution >= 4 is 34.8 Å². The maximum atomic E-state index is 5.92. The van der Waals surface area contributed by atoms with Crippen LogP contribution in [-0.4, -0.2) is 21.8 Å². The number of thiocarbonyl (C=S) groups is 1. The fourth-order valence-corrected chi connectivity index (χ4v) is 3.78. The van der Waals surface area contributed by atoms with Gasteiger partial charge >= 0.3 is 0 Å². The van der Waals surface area contributed by atoms with Crippen LogP contribution in [0.2, 0.25) is 0 Å². The van der Waals surface area contributed by atoms with Gasteiger partial charge in [0.05, 0.1) is 11.0 Å². The summed E-state index contributed by atoms with van der Waals surface area (Å²) in [5.74, 6) is 1.63. The van der Waals surface area contributed by atoms with Gasteiger partial charge in [0.1, 0.15) is 5.82 Å². The highest BCUT2D eigenvalue weighted by Gasteiger charge is 2.13. The molecule has 1 heterocycles. The number of nitrogens with one attached hydrogen (secondary N) is 1.